The minimum Gasteiger partial charge on any atom is -0.493 e. The molecule has 25 heavy (non-hydrogen) atoms. The van der Waals surface area contributed by atoms with Crippen LogP contribution in [-0.4, -0.2) is 27.2 Å². The van der Waals surface area contributed by atoms with Crippen LogP contribution in [0.1, 0.15) is 17.5 Å². The van der Waals surface area contributed by atoms with Crippen molar-refractivity contribution in [2.45, 2.75) is 19.6 Å². The molecule has 0 heterocycles. The van der Waals surface area contributed by atoms with Gasteiger partial charge in [0.25, 0.3) is 0 Å². The summed E-state index contributed by atoms with van der Waals surface area (Å²) < 4.78 is 24.3. The van der Waals surface area contributed by atoms with Gasteiger partial charge >= 0.3 is 0 Å². The Kier molecular flexibility index (Phi) is 7.98. The maximum Gasteiger partial charge on any atom is 0.161 e. The zero-order valence-electron chi connectivity index (χ0n) is 14.6. The lowest BCUT2D eigenvalue weighted by Gasteiger charge is -2.13. The highest BCUT2D eigenvalue weighted by molar-refractivity contribution is 6.31. The monoisotopic (exact) mass is 366 g/mol. The molecule has 0 bridgehead atoms. The summed E-state index contributed by atoms with van der Waals surface area (Å²) in [4.78, 5) is 0. The standard InChI is InChI=1S/C19H24ClFN2O2/c1-22-8-3-9-23-12-14-4-7-18(19(10-14)24-2)25-13-15-5-6-16(21)11-17(15)20/h4-7,10-11,22-23H,3,8-9,12-13H2,1-2H3. The van der Waals surface area contributed by atoms with Crippen molar-refractivity contribution in [1.82, 2.24) is 10.6 Å². The first kappa shape index (κ1) is 19.5. The van der Waals surface area contributed by atoms with Crippen LogP contribution < -0.4 is 20.1 Å². The summed E-state index contributed by atoms with van der Waals surface area (Å²) in [5.41, 5.74) is 1.84. The molecule has 0 saturated heterocycles. The van der Waals surface area contributed by atoms with Gasteiger partial charge in [-0.25, -0.2) is 4.39 Å². The number of hydrogen-bond acceptors (Lipinski definition) is 4. The molecule has 136 valence electrons. The van der Waals surface area contributed by atoms with E-state index >= 15 is 0 Å². The molecule has 0 saturated carbocycles. The van der Waals surface area contributed by atoms with E-state index in [-0.39, 0.29) is 12.4 Å². The van der Waals surface area contributed by atoms with E-state index in [0.29, 0.717) is 16.5 Å². The quantitative estimate of drug-likeness (QED) is 0.628. The average molecular weight is 367 g/mol. The van der Waals surface area contributed by atoms with Gasteiger partial charge in [-0.15, -0.1) is 0 Å². The Morgan fingerprint density at radius 2 is 1.92 bits per heavy atom. The normalized spacial score (nSPS) is 10.7. The molecule has 4 nitrogen and oxygen atoms in total. The summed E-state index contributed by atoms with van der Waals surface area (Å²) in [6.45, 7) is 2.96. The molecule has 2 aromatic carbocycles. The third-order valence-corrected chi connectivity index (χ3v) is 4.09. The Labute approximate surface area is 153 Å². The first-order valence-electron chi connectivity index (χ1n) is 8.23. The molecule has 0 unspecified atom stereocenters. The van der Waals surface area contributed by atoms with Gasteiger partial charge in [-0.2, -0.15) is 0 Å². The molecular weight excluding hydrogens is 343 g/mol. The summed E-state index contributed by atoms with van der Waals surface area (Å²) in [5, 5.41) is 6.86. The van der Waals surface area contributed by atoms with Crippen LogP contribution in [0.4, 0.5) is 4.39 Å². The van der Waals surface area contributed by atoms with Crippen LogP contribution in [-0.2, 0) is 13.2 Å². The van der Waals surface area contributed by atoms with Crippen LogP contribution >= 0.6 is 11.6 Å². The highest BCUT2D eigenvalue weighted by Crippen LogP contribution is 2.29. The average Bonchev–Trinajstić information content (AvgIpc) is 2.61. The van der Waals surface area contributed by atoms with Crippen molar-refractivity contribution in [3.8, 4) is 11.5 Å². The predicted octanol–water partition coefficient (Wildman–Crippen LogP) is 3.77. The second-order valence-corrected chi connectivity index (χ2v) is 6.05. The fourth-order valence-electron chi connectivity index (χ4n) is 2.36. The van der Waals surface area contributed by atoms with E-state index in [0.717, 1.165) is 37.2 Å². The summed E-state index contributed by atoms with van der Waals surface area (Å²) >= 11 is 6.02. The van der Waals surface area contributed by atoms with Gasteiger partial charge in [-0.05, 0) is 56.4 Å². The lowest BCUT2D eigenvalue weighted by molar-refractivity contribution is 0.284. The van der Waals surface area contributed by atoms with Gasteiger partial charge in [0.2, 0.25) is 0 Å². The maximum absolute atomic E-state index is 13.1. The van der Waals surface area contributed by atoms with Gasteiger partial charge in [-0.3, -0.25) is 0 Å². The number of nitrogens with one attached hydrogen (secondary N) is 2. The first-order valence-corrected chi connectivity index (χ1v) is 8.60. The highest BCUT2D eigenvalue weighted by atomic mass is 35.5. The number of methoxy groups -OCH3 is 1. The van der Waals surface area contributed by atoms with Gasteiger partial charge in [0.05, 0.1) is 12.1 Å². The fraction of sp³-hybridized carbons (Fsp3) is 0.368. The van der Waals surface area contributed by atoms with Gasteiger partial charge in [0.15, 0.2) is 11.5 Å². The van der Waals surface area contributed by atoms with Crippen molar-refractivity contribution in [3.63, 3.8) is 0 Å². The fourth-order valence-corrected chi connectivity index (χ4v) is 2.58. The Morgan fingerprint density at radius 3 is 2.64 bits per heavy atom. The minimum absolute atomic E-state index is 0.247. The van der Waals surface area contributed by atoms with E-state index in [1.165, 1.54) is 12.1 Å². The molecule has 0 amide bonds. The minimum atomic E-state index is -0.363. The molecule has 0 atom stereocenters. The second kappa shape index (κ2) is 10.2. The first-order chi connectivity index (χ1) is 12.1. The van der Waals surface area contributed by atoms with Gasteiger partial charge in [0.1, 0.15) is 12.4 Å². The molecule has 0 radical (unpaired) electrons. The van der Waals surface area contributed by atoms with Crippen LogP contribution in [0.15, 0.2) is 36.4 Å². The molecule has 0 aromatic heterocycles. The van der Waals surface area contributed by atoms with Crippen molar-refractivity contribution in [2.24, 2.45) is 0 Å². The summed E-state index contributed by atoms with van der Waals surface area (Å²) in [7, 11) is 3.56. The Balaban J connectivity index is 1.94. The van der Waals surface area contributed by atoms with Crippen molar-refractivity contribution in [1.29, 1.82) is 0 Å². The number of ether oxygens (including phenoxy) is 2. The smallest absolute Gasteiger partial charge is 0.161 e. The van der Waals surface area contributed by atoms with Crippen molar-refractivity contribution >= 4 is 11.6 Å². The van der Waals surface area contributed by atoms with Crippen molar-refractivity contribution in [3.05, 3.63) is 58.4 Å². The van der Waals surface area contributed by atoms with Crippen LogP contribution in [0.25, 0.3) is 0 Å². The number of halogens is 2. The highest BCUT2D eigenvalue weighted by Gasteiger charge is 2.08. The molecule has 0 spiro atoms. The summed E-state index contributed by atoms with van der Waals surface area (Å²) in [6, 6.07) is 10.1. The Bertz CT molecular complexity index is 682. The van der Waals surface area contributed by atoms with E-state index < -0.39 is 0 Å². The van der Waals surface area contributed by atoms with Crippen LogP contribution in [0, 0.1) is 5.82 Å². The Morgan fingerprint density at radius 1 is 1.08 bits per heavy atom. The van der Waals surface area contributed by atoms with Crippen LogP contribution in [0.3, 0.4) is 0 Å². The molecule has 2 aromatic rings. The van der Waals surface area contributed by atoms with E-state index in [4.69, 9.17) is 21.1 Å². The topological polar surface area (TPSA) is 42.5 Å². The third kappa shape index (κ3) is 6.20. The molecule has 0 aliphatic heterocycles. The molecule has 2 N–H and O–H groups in total. The number of rotatable bonds is 10. The van der Waals surface area contributed by atoms with E-state index in [1.54, 1.807) is 13.2 Å². The van der Waals surface area contributed by atoms with E-state index in [9.17, 15) is 4.39 Å². The van der Waals surface area contributed by atoms with E-state index in [1.807, 2.05) is 25.2 Å². The van der Waals surface area contributed by atoms with Gasteiger partial charge < -0.3 is 20.1 Å². The maximum atomic E-state index is 13.1. The zero-order chi connectivity index (χ0) is 18.1. The molecular formula is C19H24ClFN2O2. The van der Waals surface area contributed by atoms with Gasteiger partial charge in [0, 0.05) is 12.1 Å². The zero-order valence-corrected chi connectivity index (χ0v) is 15.3. The second-order valence-electron chi connectivity index (χ2n) is 5.64. The molecule has 0 aliphatic rings. The third-order valence-electron chi connectivity index (χ3n) is 3.74. The molecule has 2 rings (SSSR count). The predicted molar refractivity (Wildman–Crippen MR) is 99.0 cm³/mol. The lowest BCUT2D eigenvalue weighted by atomic mass is 10.2. The molecule has 0 aliphatic carbocycles. The van der Waals surface area contributed by atoms with Crippen LogP contribution in [0.2, 0.25) is 5.02 Å². The number of hydrogen-bond donors (Lipinski definition) is 2. The summed E-state index contributed by atoms with van der Waals surface area (Å²) in [6.07, 6.45) is 1.08. The van der Waals surface area contributed by atoms with Crippen molar-refractivity contribution in [2.75, 3.05) is 27.2 Å². The Hall–Kier alpha value is -1.82. The molecule has 6 heteroatoms. The summed E-state index contributed by atoms with van der Waals surface area (Å²) in [5.74, 6) is 0.924. The van der Waals surface area contributed by atoms with Crippen LogP contribution in [0.5, 0.6) is 11.5 Å². The number of benzene rings is 2. The van der Waals surface area contributed by atoms with Crippen molar-refractivity contribution < 1.29 is 13.9 Å². The van der Waals surface area contributed by atoms with E-state index in [2.05, 4.69) is 10.6 Å². The molecule has 0 fully saturated rings. The SMILES string of the molecule is CNCCCNCc1ccc(OCc2ccc(F)cc2Cl)c(OC)c1. The largest absolute Gasteiger partial charge is 0.493 e. The van der Waals surface area contributed by atoms with Gasteiger partial charge in [-0.1, -0.05) is 23.7 Å². The lowest BCUT2D eigenvalue weighted by Crippen LogP contribution is -2.19.